The number of carbonyl (C=O) groups is 1. The van der Waals surface area contributed by atoms with Crippen LogP contribution in [0.25, 0.3) is 0 Å². The van der Waals surface area contributed by atoms with Gasteiger partial charge in [0.1, 0.15) is 0 Å². The number of nitrogens with two attached hydrogens (primary N) is 1. The van der Waals surface area contributed by atoms with Crippen LogP contribution >= 0.6 is 0 Å². The molecule has 2 N–H and O–H groups in total. The van der Waals surface area contributed by atoms with Crippen LogP contribution in [0.4, 0.5) is 0 Å². The number of carbonyl (C=O) groups excluding carboxylic acids is 1. The van der Waals surface area contributed by atoms with Crippen LogP contribution in [0.3, 0.4) is 0 Å². The maximum Gasteiger partial charge on any atom is 0.229 e. The maximum absolute atomic E-state index is 12.3. The van der Waals surface area contributed by atoms with Gasteiger partial charge < -0.3 is 10.6 Å². The fraction of sp³-hybridized carbons (Fsp3) is 0.923. The van der Waals surface area contributed by atoms with Crippen LogP contribution in [0.5, 0.6) is 0 Å². The zero-order valence-electron chi connectivity index (χ0n) is 10.4. The molecule has 1 amide bonds. The minimum atomic E-state index is -0.187. The van der Waals surface area contributed by atoms with Gasteiger partial charge in [-0.05, 0) is 31.6 Å². The van der Waals surface area contributed by atoms with E-state index >= 15 is 0 Å². The summed E-state index contributed by atoms with van der Waals surface area (Å²) in [6.07, 6.45) is 8.44. The van der Waals surface area contributed by atoms with Crippen LogP contribution in [-0.4, -0.2) is 30.9 Å². The smallest absolute Gasteiger partial charge is 0.229 e. The highest BCUT2D eigenvalue weighted by Gasteiger charge is 2.44. The summed E-state index contributed by atoms with van der Waals surface area (Å²) < 4.78 is 0. The standard InChI is InChI=1S/C13H24N2O/c1-15(9-11-5-2-3-6-11)12(16)13(10-14)7-4-8-13/h11H,2-10,14H2,1H3. The topological polar surface area (TPSA) is 46.3 Å². The van der Waals surface area contributed by atoms with Gasteiger partial charge in [-0.15, -0.1) is 0 Å². The van der Waals surface area contributed by atoms with Crippen molar-refractivity contribution in [1.29, 1.82) is 0 Å². The summed E-state index contributed by atoms with van der Waals surface area (Å²) in [5.74, 6) is 1.04. The first-order chi connectivity index (χ1) is 7.68. The van der Waals surface area contributed by atoms with Gasteiger partial charge in [0.25, 0.3) is 0 Å². The van der Waals surface area contributed by atoms with Crippen molar-refractivity contribution in [3.63, 3.8) is 0 Å². The van der Waals surface area contributed by atoms with Gasteiger partial charge in [0, 0.05) is 20.1 Å². The summed E-state index contributed by atoms with van der Waals surface area (Å²) in [5.41, 5.74) is 5.58. The molecule has 0 atom stereocenters. The summed E-state index contributed by atoms with van der Waals surface area (Å²) in [4.78, 5) is 14.3. The molecule has 0 aromatic carbocycles. The second-order valence-corrected chi connectivity index (χ2v) is 5.67. The summed E-state index contributed by atoms with van der Waals surface area (Å²) >= 11 is 0. The van der Waals surface area contributed by atoms with Gasteiger partial charge in [-0.25, -0.2) is 0 Å². The molecule has 2 rings (SSSR count). The Kier molecular flexibility index (Phi) is 3.53. The Morgan fingerprint density at radius 1 is 1.31 bits per heavy atom. The third-order valence-electron chi connectivity index (χ3n) is 4.51. The Hall–Kier alpha value is -0.570. The quantitative estimate of drug-likeness (QED) is 0.791. The Bertz CT molecular complexity index is 249. The molecule has 2 aliphatic rings. The third-order valence-corrected chi connectivity index (χ3v) is 4.51. The van der Waals surface area contributed by atoms with Crippen LogP contribution in [-0.2, 0) is 4.79 Å². The molecule has 0 spiro atoms. The van der Waals surface area contributed by atoms with Gasteiger partial charge >= 0.3 is 0 Å². The van der Waals surface area contributed by atoms with Crippen molar-refractivity contribution >= 4 is 5.91 Å². The fourth-order valence-electron chi connectivity index (χ4n) is 3.18. The van der Waals surface area contributed by atoms with Gasteiger partial charge in [-0.1, -0.05) is 19.3 Å². The van der Waals surface area contributed by atoms with Gasteiger partial charge in [0.2, 0.25) is 5.91 Å². The van der Waals surface area contributed by atoms with E-state index in [4.69, 9.17) is 5.73 Å². The molecule has 92 valence electrons. The van der Waals surface area contributed by atoms with Crippen molar-refractivity contribution in [2.24, 2.45) is 17.1 Å². The molecule has 3 nitrogen and oxygen atoms in total. The van der Waals surface area contributed by atoms with Crippen LogP contribution in [0.15, 0.2) is 0 Å². The normalized spacial score (nSPS) is 24.1. The molecule has 0 bridgehead atoms. The summed E-state index contributed by atoms with van der Waals surface area (Å²) in [6, 6.07) is 0. The molecular formula is C13H24N2O. The highest BCUT2D eigenvalue weighted by Crippen LogP contribution is 2.41. The second-order valence-electron chi connectivity index (χ2n) is 5.67. The van der Waals surface area contributed by atoms with E-state index in [9.17, 15) is 4.79 Å². The highest BCUT2D eigenvalue weighted by molar-refractivity contribution is 5.83. The number of hydrogen-bond acceptors (Lipinski definition) is 2. The third kappa shape index (κ3) is 2.10. The Morgan fingerprint density at radius 3 is 2.38 bits per heavy atom. The fourth-order valence-corrected chi connectivity index (χ4v) is 3.18. The first kappa shape index (κ1) is 11.9. The number of hydrogen-bond donors (Lipinski definition) is 1. The Labute approximate surface area is 98.4 Å². The summed E-state index contributed by atoms with van der Waals surface area (Å²) in [6.45, 7) is 1.47. The first-order valence-corrected chi connectivity index (χ1v) is 6.63. The van der Waals surface area contributed by atoms with E-state index in [0.29, 0.717) is 12.5 Å². The molecule has 2 saturated carbocycles. The number of rotatable bonds is 4. The lowest BCUT2D eigenvalue weighted by atomic mass is 9.68. The average molecular weight is 224 g/mol. The maximum atomic E-state index is 12.3. The lowest BCUT2D eigenvalue weighted by Gasteiger charge is -2.42. The Morgan fingerprint density at radius 2 is 1.94 bits per heavy atom. The van der Waals surface area contributed by atoms with E-state index < -0.39 is 0 Å². The molecule has 0 aromatic heterocycles. The molecular weight excluding hydrogens is 200 g/mol. The highest BCUT2D eigenvalue weighted by atomic mass is 16.2. The van der Waals surface area contributed by atoms with Crippen molar-refractivity contribution in [2.75, 3.05) is 20.1 Å². The van der Waals surface area contributed by atoms with E-state index in [1.54, 1.807) is 0 Å². The molecule has 0 aromatic rings. The van der Waals surface area contributed by atoms with E-state index in [2.05, 4.69) is 0 Å². The molecule has 3 heteroatoms. The Balaban J connectivity index is 1.88. The monoisotopic (exact) mass is 224 g/mol. The lowest BCUT2D eigenvalue weighted by molar-refractivity contribution is -0.145. The molecule has 0 heterocycles. The molecule has 0 radical (unpaired) electrons. The zero-order chi connectivity index (χ0) is 11.6. The van der Waals surface area contributed by atoms with Crippen LogP contribution in [0.2, 0.25) is 0 Å². The van der Waals surface area contributed by atoms with E-state index in [-0.39, 0.29) is 5.41 Å². The SMILES string of the molecule is CN(CC1CCCC1)C(=O)C1(CN)CCC1. The number of amides is 1. The minimum Gasteiger partial charge on any atom is -0.345 e. The van der Waals surface area contributed by atoms with Crippen LogP contribution in [0, 0.1) is 11.3 Å². The molecule has 2 fully saturated rings. The summed E-state index contributed by atoms with van der Waals surface area (Å²) in [7, 11) is 1.95. The largest absolute Gasteiger partial charge is 0.345 e. The van der Waals surface area contributed by atoms with Crippen molar-refractivity contribution < 1.29 is 4.79 Å². The minimum absolute atomic E-state index is 0.187. The van der Waals surface area contributed by atoms with Crippen molar-refractivity contribution in [1.82, 2.24) is 4.90 Å². The van der Waals surface area contributed by atoms with Gasteiger partial charge in [0.15, 0.2) is 0 Å². The van der Waals surface area contributed by atoms with Gasteiger partial charge in [0.05, 0.1) is 5.41 Å². The van der Waals surface area contributed by atoms with Crippen LogP contribution in [0.1, 0.15) is 44.9 Å². The second kappa shape index (κ2) is 4.74. The van der Waals surface area contributed by atoms with Crippen molar-refractivity contribution in [3.05, 3.63) is 0 Å². The average Bonchev–Trinajstić information content (AvgIpc) is 2.69. The molecule has 0 saturated heterocycles. The first-order valence-electron chi connectivity index (χ1n) is 6.63. The molecule has 2 aliphatic carbocycles. The molecule has 16 heavy (non-hydrogen) atoms. The molecule has 0 unspecified atom stereocenters. The predicted octanol–water partition coefficient (Wildman–Crippen LogP) is 1.76. The number of nitrogens with zero attached hydrogens (tertiary/aromatic N) is 1. The van der Waals surface area contributed by atoms with E-state index in [1.165, 1.54) is 32.1 Å². The van der Waals surface area contributed by atoms with Gasteiger partial charge in [-0.3, -0.25) is 4.79 Å². The summed E-state index contributed by atoms with van der Waals surface area (Å²) in [5, 5.41) is 0. The molecule has 0 aliphatic heterocycles. The zero-order valence-corrected chi connectivity index (χ0v) is 10.4. The lowest BCUT2D eigenvalue weighted by Crippen LogP contribution is -2.51. The predicted molar refractivity (Wildman–Crippen MR) is 64.9 cm³/mol. The van der Waals surface area contributed by atoms with Gasteiger partial charge in [-0.2, -0.15) is 0 Å². The van der Waals surface area contributed by atoms with E-state index in [0.717, 1.165) is 25.3 Å². The van der Waals surface area contributed by atoms with Crippen molar-refractivity contribution in [3.8, 4) is 0 Å². The van der Waals surface area contributed by atoms with Crippen LogP contribution < -0.4 is 5.73 Å². The van der Waals surface area contributed by atoms with E-state index in [1.807, 2.05) is 11.9 Å². The van der Waals surface area contributed by atoms with Crippen molar-refractivity contribution in [2.45, 2.75) is 44.9 Å².